The first-order valence-corrected chi connectivity index (χ1v) is 9.99. The van der Waals surface area contributed by atoms with Gasteiger partial charge in [-0.05, 0) is 35.9 Å². The summed E-state index contributed by atoms with van der Waals surface area (Å²) in [7, 11) is 2.06. The summed E-state index contributed by atoms with van der Waals surface area (Å²) in [5, 5.41) is 0. The second-order valence-corrected chi connectivity index (χ2v) is 7.13. The molecule has 3 aromatic rings. The van der Waals surface area contributed by atoms with E-state index < -0.39 is 0 Å². The Balaban J connectivity index is 1.74. The topological polar surface area (TPSA) is 21.7 Å². The van der Waals surface area contributed by atoms with Crippen LogP contribution < -0.4 is 9.47 Å². The molecule has 0 aromatic heterocycles. The fraction of sp³-hybridized carbons (Fsp3) is 0.250. The smallest absolute Gasteiger partial charge is 0.162 e. The summed E-state index contributed by atoms with van der Waals surface area (Å²) in [5.74, 6) is 2.13. The fourth-order valence-corrected chi connectivity index (χ4v) is 3.18. The number of halogens is 1. The van der Waals surface area contributed by atoms with Crippen molar-refractivity contribution in [3.05, 3.63) is 95.6 Å². The molecular formula is C24H26ClNO2. The molecule has 0 N–H and O–H groups in total. The quantitative estimate of drug-likeness (QED) is 0.422. The standard InChI is InChI=1S/C24H26ClNO2/c1-26(15-14-25)17-22-12-13-23(27-18-20-8-4-2-5-9-20)24(16-22)28-19-21-10-6-3-7-11-21/h2-13,16H,14-15,17-19H2,1H3. The molecule has 3 rings (SSSR count). The SMILES string of the molecule is CN(CCCl)Cc1ccc(OCc2ccccc2)c(OCc2ccccc2)c1. The van der Waals surface area contributed by atoms with E-state index in [2.05, 4.69) is 48.3 Å². The van der Waals surface area contributed by atoms with Crippen molar-refractivity contribution in [2.45, 2.75) is 19.8 Å². The lowest BCUT2D eigenvalue weighted by Gasteiger charge is -2.18. The third-order valence-electron chi connectivity index (χ3n) is 4.40. The maximum Gasteiger partial charge on any atom is 0.162 e. The van der Waals surface area contributed by atoms with Gasteiger partial charge in [-0.15, -0.1) is 11.6 Å². The van der Waals surface area contributed by atoms with E-state index in [1.807, 2.05) is 42.5 Å². The van der Waals surface area contributed by atoms with E-state index in [-0.39, 0.29) is 0 Å². The van der Waals surface area contributed by atoms with E-state index in [4.69, 9.17) is 21.1 Å². The van der Waals surface area contributed by atoms with Crippen LogP contribution in [0, 0.1) is 0 Å². The zero-order valence-corrected chi connectivity index (χ0v) is 16.9. The molecule has 0 aliphatic rings. The van der Waals surface area contributed by atoms with Gasteiger partial charge in [0, 0.05) is 19.0 Å². The third-order valence-corrected chi connectivity index (χ3v) is 4.57. The van der Waals surface area contributed by atoms with Gasteiger partial charge in [-0.3, -0.25) is 0 Å². The van der Waals surface area contributed by atoms with E-state index in [1.165, 1.54) is 5.56 Å². The van der Waals surface area contributed by atoms with Gasteiger partial charge < -0.3 is 14.4 Å². The van der Waals surface area contributed by atoms with Crippen molar-refractivity contribution in [1.82, 2.24) is 4.90 Å². The van der Waals surface area contributed by atoms with E-state index in [9.17, 15) is 0 Å². The van der Waals surface area contributed by atoms with Gasteiger partial charge in [0.15, 0.2) is 11.5 Å². The monoisotopic (exact) mass is 395 g/mol. The molecule has 0 fully saturated rings. The van der Waals surface area contributed by atoms with Gasteiger partial charge in [0.2, 0.25) is 0 Å². The molecule has 3 nitrogen and oxygen atoms in total. The highest BCUT2D eigenvalue weighted by atomic mass is 35.5. The molecule has 3 aromatic carbocycles. The van der Waals surface area contributed by atoms with Crippen LogP contribution in [0.25, 0.3) is 0 Å². The minimum absolute atomic E-state index is 0.503. The maximum absolute atomic E-state index is 6.12. The first kappa shape index (κ1) is 20.2. The molecule has 0 aliphatic heterocycles. The first-order valence-electron chi connectivity index (χ1n) is 9.45. The van der Waals surface area contributed by atoms with Crippen LogP contribution in [0.3, 0.4) is 0 Å². The predicted molar refractivity (Wildman–Crippen MR) is 115 cm³/mol. The lowest BCUT2D eigenvalue weighted by molar-refractivity contribution is 0.255. The summed E-state index contributed by atoms with van der Waals surface area (Å²) in [5.41, 5.74) is 3.42. The normalized spacial score (nSPS) is 10.8. The molecule has 0 heterocycles. The number of rotatable bonds is 10. The fourth-order valence-electron chi connectivity index (χ4n) is 2.89. The van der Waals surface area contributed by atoms with Gasteiger partial charge in [-0.25, -0.2) is 0 Å². The molecule has 28 heavy (non-hydrogen) atoms. The zero-order chi connectivity index (χ0) is 19.6. The summed E-state index contributed by atoms with van der Waals surface area (Å²) in [6.07, 6.45) is 0. The predicted octanol–water partition coefficient (Wildman–Crippen LogP) is 5.52. The van der Waals surface area contributed by atoms with Crippen LogP contribution in [0.15, 0.2) is 78.9 Å². The van der Waals surface area contributed by atoms with Crippen molar-refractivity contribution in [2.24, 2.45) is 0 Å². The zero-order valence-electron chi connectivity index (χ0n) is 16.2. The number of alkyl halides is 1. The minimum Gasteiger partial charge on any atom is -0.485 e. The second kappa shape index (κ2) is 10.7. The lowest BCUT2D eigenvalue weighted by Crippen LogP contribution is -2.20. The minimum atomic E-state index is 0.503. The van der Waals surface area contributed by atoms with Crippen LogP contribution in [-0.4, -0.2) is 24.4 Å². The Bertz CT molecular complexity index is 840. The highest BCUT2D eigenvalue weighted by Crippen LogP contribution is 2.30. The first-order chi connectivity index (χ1) is 13.7. The Morgan fingerprint density at radius 3 is 1.86 bits per heavy atom. The van der Waals surface area contributed by atoms with Crippen LogP contribution >= 0.6 is 11.6 Å². The summed E-state index contributed by atoms with van der Waals surface area (Å²) >= 11 is 5.85. The van der Waals surface area contributed by atoms with Crippen LogP contribution in [0.5, 0.6) is 11.5 Å². The molecule has 0 amide bonds. The molecule has 0 atom stereocenters. The van der Waals surface area contributed by atoms with E-state index in [0.29, 0.717) is 19.1 Å². The summed E-state index contributed by atoms with van der Waals surface area (Å²) in [6.45, 7) is 2.67. The highest BCUT2D eigenvalue weighted by Gasteiger charge is 2.09. The Kier molecular flexibility index (Phi) is 7.77. The van der Waals surface area contributed by atoms with Crippen molar-refractivity contribution in [2.75, 3.05) is 19.5 Å². The van der Waals surface area contributed by atoms with Gasteiger partial charge >= 0.3 is 0 Å². The van der Waals surface area contributed by atoms with E-state index in [0.717, 1.165) is 35.7 Å². The number of hydrogen-bond donors (Lipinski definition) is 0. The average Bonchev–Trinajstić information content (AvgIpc) is 2.73. The van der Waals surface area contributed by atoms with Crippen molar-refractivity contribution < 1.29 is 9.47 Å². The van der Waals surface area contributed by atoms with Crippen molar-refractivity contribution in [1.29, 1.82) is 0 Å². The summed E-state index contributed by atoms with van der Waals surface area (Å²) in [6, 6.07) is 26.4. The molecule has 0 saturated heterocycles. The Morgan fingerprint density at radius 1 is 0.714 bits per heavy atom. The number of ether oxygens (including phenoxy) is 2. The van der Waals surface area contributed by atoms with Crippen LogP contribution in [0.2, 0.25) is 0 Å². The Morgan fingerprint density at radius 2 is 1.29 bits per heavy atom. The third kappa shape index (κ3) is 6.29. The van der Waals surface area contributed by atoms with Gasteiger partial charge in [-0.2, -0.15) is 0 Å². The molecular weight excluding hydrogens is 370 g/mol. The highest BCUT2D eigenvalue weighted by molar-refractivity contribution is 6.18. The molecule has 0 unspecified atom stereocenters. The molecule has 0 spiro atoms. The average molecular weight is 396 g/mol. The maximum atomic E-state index is 6.12. The second-order valence-electron chi connectivity index (χ2n) is 6.76. The van der Waals surface area contributed by atoms with Gasteiger partial charge in [-0.1, -0.05) is 66.7 Å². The Labute approximate surface area is 172 Å². The molecule has 4 heteroatoms. The number of nitrogens with zero attached hydrogens (tertiary/aromatic N) is 1. The largest absolute Gasteiger partial charge is 0.485 e. The summed E-state index contributed by atoms with van der Waals surface area (Å²) in [4.78, 5) is 2.19. The molecule has 0 bridgehead atoms. The molecule has 0 saturated carbocycles. The van der Waals surface area contributed by atoms with Crippen LogP contribution in [0.1, 0.15) is 16.7 Å². The van der Waals surface area contributed by atoms with Gasteiger partial charge in [0.05, 0.1) is 0 Å². The van der Waals surface area contributed by atoms with E-state index in [1.54, 1.807) is 0 Å². The molecule has 0 aliphatic carbocycles. The van der Waals surface area contributed by atoms with Crippen LogP contribution in [-0.2, 0) is 19.8 Å². The lowest BCUT2D eigenvalue weighted by atomic mass is 10.2. The molecule has 146 valence electrons. The number of hydrogen-bond acceptors (Lipinski definition) is 3. The van der Waals surface area contributed by atoms with E-state index >= 15 is 0 Å². The van der Waals surface area contributed by atoms with Gasteiger partial charge in [0.25, 0.3) is 0 Å². The van der Waals surface area contributed by atoms with Crippen molar-refractivity contribution in [3.8, 4) is 11.5 Å². The molecule has 0 radical (unpaired) electrons. The van der Waals surface area contributed by atoms with Gasteiger partial charge in [0.1, 0.15) is 13.2 Å². The Hall–Kier alpha value is -2.49. The summed E-state index contributed by atoms with van der Waals surface area (Å²) < 4.78 is 12.2. The van der Waals surface area contributed by atoms with Crippen molar-refractivity contribution in [3.63, 3.8) is 0 Å². The van der Waals surface area contributed by atoms with Crippen molar-refractivity contribution >= 4 is 11.6 Å². The number of benzene rings is 3. The van der Waals surface area contributed by atoms with Crippen LogP contribution in [0.4, 0.5) is 0 Å².